The van der Waals surface area contributed by atoms with Gasteiger partial charge in [-0.3, -0.25) is 4.79 Å². The van der Waals surface area contributed by atoms with Gasteiger partial charge < -0.3 is 20.5 Å². The molecule has 0 fully saturated rings. The monoisotopic (exact) mass is 280 g/mol. The molecular weight excluding hydrogens is 256 g/mol. The Labute approximate surface area is 120 Å². The first-order chi connectivity index (χ1) is 9.65. The van der Waals surface area contributed by atoms with E-state index in [1.807, 2.05) is 0 Å². The zero-order chi connectivity index (χ0) is 15.0. The third-order valence-corrected chi connectivity index (χ3v) is 3.18. The third kappa shape index (κ3) is 4.42. The second-order valence-electron chi connectivity index (χ2n) is 4.61. The van der Waals surface area contributed by atoms with Crippen molar-refractivity contribution in [3.63, 3.8) is 0 Å². The lowest BCUT2D eigenvalue weighted by Gasteiger charge is -2.17. The Bertz CT molecular complexity index is 435. The Morgan fingerprint density at radius 3 is 2.65 bits per heavy atom. The average Bonchev–Trinajstić information content (AvgIpc) is 2.50. The van der Waals surface area contributed by atoms with Crippen LogP contribution in [-0.4, -0.2) is 32.7 Å². The molecule has 0 heterocycles. The third-order valence-electron chi connectivity index (χ3n) is 3.18. The standard InChI is InChI=1S/C15H24N2O3/c1-4-5-6-11(10-16)17-15(18)13-8-7-12(19-2)9-14(13)20-3/h7-9,11H,4-6,10,16H2,1-3H3,(H,17,18). The maximum absolute atomic E-state index is 12.3. The summed E-state index contributed by atoms with van der Waals surface area (Å²) in [6, 6.07) is 5.12. The fraction of sp³-hybridized carbons (Fsp3) is 0.533. The summed E-state index contributed by atoms with van der Waals surface area (Å²) in [7, 11) is 3.10. The molecule has 5 nitrogen and oxygen atoms in total. The summed E-state index contributed by atoms with van der Waals surface area (Å²) in [4.78, 5) is 12.3. The van der Waals surface area contributed by atoms with Crippen molar-refractivity contribution in [2.45, 2.75) is 32.2 Å². The van der Waals surface area contributed by atoms with Crippen LogP contribution in [0.3, 0.4) is 0 Å². The maximum atomic E-state index is 12.3. The molecule has 0 aromatic heterocycles. The molecule has 0 spiro atoms. The predicted molar refractivity (Wildman–Crippen MR) is 79.4 cm³/mol. The number of rotatable bonds is 8. The van der Waals surface area contributed by atoms with Gasteiger partial charge in [-0.15, -0.1) is 0 Å². The van der Waals surface area contributed by atoms with Gasteiger partial charge in [0.2, 0.25) is 0 Å². The van der Waals surface area contributed by atoms with E-state index >= 15 is 0 Å². The molecule has 0 radical (unpaired) electrons. The summed E-state index contributed by atoms with van der Waals surface area (Å²) in [6.07, 6.45) is 3.01. The van der Waals surface area contributed by atoms with Gasteiger partial charge in [0.05, 0.1) is 19.8 Å². The van der Waals surface area contributed by atoms with Crippen molar-refractivity contribution in [3.05, 3.63) is 23.8 Å². The van der Waals surface area contributed by atoms with Gasteiger partial charge in [-0.2, -0.15) is 0 Å². The summed E-state index contributed by atoms with van der Waals surface area (Å²) < 4.78 is 10.3. The van der Waals surface area contributed by atoms with Crippen molar-refractivity contribution in [1.82, 2.24) is 5.32 Å². The zero-order valence-electron chi connectivity index (χ0n) is 12.4. The lowest BCUT2D eigenvalue weighted by Crippen LogP contribution is -2.40. The minimum Gasteiger partial charge on any atom is -0.497 e. The molecule has 1 rings (SSSR count). The number of nitrogens with one attached hydrogen (secondary N) is 1. The summed E-state index contributed by atoms with van der Waals surface area (Å²) in [5.41, 5.74) is 6.18. The Balaban J connectivity index is 2.80. The van der Waals surface area contributed by atoms with Gasteiger partial charge in [-0.05, 0) is 18.6 Å². The number of hydrogen-bond acceptors (Lipinski definition) is 4. The molecule has 1 aromatic rings. The number of hydrogen-bond donors (Lipinski definition) is 2. The van der Waals surface area contributed by atoms with Crippen molar-refractivity contribution in [2.75, 3.05) is 20.8 Å². The van der Waals surface area contributed by atoms with Crippen LogP contribution in [0.25, 0.3) is 0 Å². The van der Waals surface area contributed by atoms with Crippen molar-refractivity contribution < 1.29 is 14.3 Å². The molecule has 0 saturated heterocycles. The number of ether oxygens (including phenoxy) is 2. The van der Waals surface area contributed by atoms with Crippen molar-refractivity contribution in [1.29, 1.82) is 0 Å². The van der Waals surface area contributed by atoms with E-state index < -0.39 is 0 Å². The molecule has 0 bridgehead atoms. The number of nitrogens with two attached hydrogens (primary N) is 1. The van der Waals surface area contributed by atoms with Crippen LogP contribution in [0, 0.1) is 0 Å². The quantitative estimate of drug-likeness (QED) is 0.763. The second kappa shape index (κ2) is 8.43. The van der Waals surface area contributed by atoms with Gasteiger partial charge in [-0.25, -0.2) is 0 Å². The molecule has 0 aliphatic heterocycles. The Kier molecular flexibility index (Phi) is 6.87. The molecule has 1 atom stereocenters. The van der Waals surface area contributed by atoms with Crippen LogP contribution in [0.1, 0.15) is 36.5 Å². The van der Waals surface area contributed by atoms with Crippen LogP contribution < -0.4 is 20.5 Å². The van der Waals surface area contributed by atoms with E-state index in [9.17, 15) is 4.79 Å². The highest BCUT2D eigenvalue weighted by molar-refractivity contribution is 5.97. The van der Waals surface area contributed by atoms with Gasteiger partial charge in [0.25, 0.3) is 5.91 Å². The van der Waals surface area contributed by atoms with E-state index in [1.165, 1.54) is 7.11 Å². The minimum atomic E-state index is -0.170. The summed E-state index contributed by atoms with van der Waals surface area (Å²) in [5, 5.41) is 2.95. The first-order valence-corrected chi connectivity index (χ1v) is 6.89. The van der Waals surface area contributed by atoms with Crippen molar-refractivity contribution >= 4 is 5.91 Å². The molecule has 0 aliphatic rings. The molecule has 5 heteroatoms. The van der Waals surface area contributed by atoms with E-state index in [0.717, 1.165) is 19.3 Å². The highest BCUT2D eigenvalue weighted by atomic mass is 16.5. The average molecular weight is 280 g/mol. The number of carbonyl (C=O) groups excluding carboxylic acids is 1. The Morgan fingerprint density at radius 2 is 2.10 bits per heavy atom. The zero-order valence-corrected chi connectivity index (χ0v) is 12.4. The molecule has 1 unspecified atom stereocenters. The minimum absolute atomic E-state index is 0.00532. The number of methoxy groups -OCH3 is 2. The summed E-state index contributed by atoms with van der Waals surface area (Å²) >= 11 is 0. The molecule has 112 valence electrons. The topological polar surface area (TPSA) is 73.6 Å². The molecule has 3 N–H and O–H groups in total. The van der Waals surface area contributed by atoms with Crippen LogP contribution in [0.15, 0.2) is 18.2 Å². The maximum Gasteiger partial charge on any atom is 0.255 e. The first-order valence-electron chi connectivity index (χ1n) is 6.89. The fourth-order valence-corrected chi connectivity index (χ4v) is 1.95. The number of amides is 1. The molecule has 1 amide bonds. The molecule has 0 saturated carbocycles. The van der Waals surface area contributed by atoms with Gasteiger partial charge >= 0.3 is 0 Å². The van der Waals surface area contributed by atoms with E-state index in [0.29, 0.717) is 23.6 Å². The lowest BCUT2D eigenvalue weighted by molar-refractivity contribution is 0.0932. The normalized spacial score (nSPS) is 11.8. The van der Waals surface area contributed by atoms with E-state index in [2.05, 4.69) is 12.2 Å². The van der Waals surface area contributed by atoms with Crippen LogP contribution in [0.4, 0.5) is 0 Å². The number of carbonyl (C=O) groups is 1. The van der Waals surface area contributed by atoms with Gasteiger partial charge in [0.1, 0.15) is 11.5 Å². The van der Waals surface area contributed by atoms with Crippen LogP contribution in [-0.2, 0) is 0 Å². The number of unbranched alkanes of at least 4 members (excludes halogenated alkanes) is 1. The number of benzene rings is 1. The van der Waals surface area contributed by atoms with E-state index in [4.69, 9.17) is 15.2 Å². The van der Waals surface area contributed by atoms with Crippen LogP contribution in [0.5, 0.6) is 11.5 Å². The molecule has 20 heavy (non-hydrogen) atoms. The Morgan fingerprint density at radius 1 is 1.35 bits per heavy atom. The SMILES string of the molecule is CCCCC(CN)NC(=O)c1ccc(OC)cc1OC. The van der Waals surface area contributed by atoms with Gasteiger partial charge in [0.15, 0.2) is 0 Å². The molecule has 0 aliphatic carbocycles. The highest BCUT2D eigenvalue weighted by Crippen LogP contribution is 2.24. The van der Waals surface area contributed by atoms with Crippen LogP contribution >= 0.6 is 0 Å². The fourth-order valence-electron chi connectivity index (χ4n) is 1.95. The van der Waals surface area contributed by atoms with Crippen molar-refractivity contribution in [2.24, 2.45) is 5.73 Å². The van der Waals surface area contributed by atoms with Crippen molar-refractivity contribution in [3.8, 4) is 11.5 Å². The smallest absolute Gasteiger partial charge is 0.255 e. The first kappa shape index (κ1) is 16.3. The van der Waals surface area contributed by atoms with Gasteiger partial charge in [0, 0.05) is 18.7 Å². The highest BCUT2D eigenvalue weighted by Gasteiger charge is 2.16. The van der Waals surface area contributed by atoms with Gasteiger partial charge in [-0.1, -0.05) is 19.8 Å². The summed E-state index contributed by atoms with van der Waals surface area (Å²) in [5.74, 6) is 0.976. The van der Waals surface area contributed by atoms with E-state index in [1.54, 1.807) is 25.3 Å². The predicted octanol–water partition coefficient (Wildman–Crippen LogP) is 1.95. The molecular formula is C15H24N2O3. The van der Waals surface area contributed by atoms with Crippen LogP contribution in [0.2, 0.25) is 0 Å². The summed E-state index contributed by atoms with van der Waals surface area (Å²) in [6.45, 7) is 2.55. The largest absolute Gasteiger partial charge is 0.497 e. The molecule has 1 aromatic carbocycles. The second-order valence-corrected chi connectivity index (χ2v) is 4.61. The lowest BCUT2D eigenvalue weighted by atomic mass is 10.1. The Hall–Kier alpha value is -1.75. The van der Waals surface area contributed by atoms with E-state index in [-0.39, 0.29) is 11.9 Å².